The van der Waals surface area contributed by atoms with Gasteiger partial charge in [-0.25, -0.2) is 9.82 Å². The summed E-state index contributed by atoms with van der Waals surface area (Å²) < 4.78 is 21.0. The summed E-state index contributed by atoms with van der Waals surface area (Å²) >= 11 is 0. The molecule has 0 aliphatic rings. The van der Waals surface area contributed by atoms with Crippen LogP contribution in [0.25, 0.3) is 0 Å². The normalized spacial score (nSPS) is 12.4. The Bertz CT molecular complexity index is 572. The molecule has 1 atom stereocenters. The second-order valence-electron chi connectivity index (χ2n) is 4.32. The maximum atomic E-state index is 13.9. The van der Waals surface area contributed by atoms with Crippen LogP contribution in [0.15, 0.2) is 24.7 Å². The molecule has 0 aromatic carbocycles. The van der Waals surface area contributed by atoms with Gasteiger partial charge in [-0.2, -0.15) is 5.10 Å². The predicted octanol–water partition coefficient (Wildman–Crippen LogP) is 1.39. The molecular weight excluding hydrogens is 261 g/mol. The summed E-state index contributed by atoms with van der Waals surface area (Å²) in [7, 11) is 1.55. The molecule has 2 heterocycles. The van der Waals surface area contributed by atoms with E-state index in [1.807, 2.05) is 6.92 Å². The number of ether oxygens (including phenoxy) is 1. The molecule has 0 fully saturated rings. The minimum absolute atomic E-state index is 0.402. The van der Waals surface area contributed by atoms with Crippen molar-refractivity contribution in [1.29, 1.82) is 0 Å². The van der Waals surface area contributed by atoms with Crippen molar-refractivity contribution in [2.75, 3.05) is 7.11 Å². The van der Waals surface area contributed by atoms with E-state index in [1.54, 1.807) is 24.1 Å². The second kappa shape index (κ2) is 6.44. The van der Waals surface area contributed by atoms with Gasteiger partial charge in [0.25, 0.3) is 0 Å². The van der Waals surface area contributed by atoms with Crippen molar-refractivity contribution in [1.82, 2.24) is 20.2 Å². The molecule has 1 unspecified atom stereocenters. The van der Waals surface area contributed by atoms with E-state index in [9.17, 15) is 4.39 Å². The molecule has 2 rings (SSSR count). The van der Waals surface area contributed by atoms with Crippen LogP contribution in [0.5, 0.6) is 5.75 Å². The zero-order valence-electron chi connectivity index (χ0n) is 11.5. The van der Waals surface area contributed by atoms with Gasteiger partial charge in [-0.1, -0.05) is 6.92 Å². The molecule has 108 valence electrons. The van der Waals surface area contributed by atoms with Crippen LogP contribution in [-0.4, -0.2) is 21.9 Å². The molecular formula is C13H18FN5O. The van der Waals surface area contributed by atoms with E-state index in [2.05, 4.69) is 15.5 Å². The van der Waals surface area contributed by atoms with Crippen molar-refractivity contribution >= 4 is 0 Å². The van der Waals surface area contributed by atoms with Crippen molar-refractivity contribution in [3.63, 3.8) is 0 Å². The number of hydrogen-bond acceptors (Lipinski definition) is 5. The quantitative estimate of drug-likeness (QED) is 0.617. The van der Waals surface area contributed by atoms with Crippen LogP contribution in [0, 0.1) is 5.82 Å². The van der Waals surface area contributed by atoms with E-state index in [0.717, 1.165) is 12.6 Å². The third kappa shape index (κ3) is 2.63. The van der Waals surface area contributed by atoms with E-state index in [0.29, 0.717) is 23.6 Å². The van der Waals surface area contributed by atoms with Crippen LogP contribution in [0.1, 0.15) is 30.6 Å². The molecule has 0 spiro atoms. The number of halogens is 1. The van der Waals surface area contributed by atoms with E-state index in [-0.39, 0.29) is 0 Å². The van der Waals surface area contributed by atoms with Crippen molar-refractivity contribution < 1.29 is 9.13 Å². The van der Waals surface area contributed by atoms with E-state index in [4.69, 9.17) is 10.6 Å². The number of nitrogens with zero attached hydrogens (tertiary/aromatic N) is 3. The lowest BCUT2D eigenvalue weighted by Crippen LogP contribution is -2.31. The highest BCUT2D eigenvalue weighted by atomic mass is 19.1. The molecule has 0 aliphatic carbocycles. The first kappa shape index (κ1) is 14.4. The maximum absolute atomic E-state index is 13.9. The average Bonchev–Trinajstić information content (AvgIpc) is 2.85. The molecule has 0 amide bonds. The SMILES string of the molecule is CCCn1ncc(OC)c1C(NN)c1ccncc1F. The van der Waals surface area contributed by atoms with Crippen molar-refractivity contribution in [2.24, 2.45) is 5.84 Å². The summed E-state index contributed by atoms with van der Waals surface area (Å²) in [5, 5.41) is 4.26. The first-order valence-electron chi connectivity index (χ1n) is 6.38. The predicted molar refractivity (Wildman–Crippen MR) is 72.4 cm³/mol. The average molecular weight is 279 g/mol. The van der Waals surface area contributed by atoms with Gasteiger partial charge in [0.15, 0.2) is 5.75 Å². The third-order valence-corrected chi connectivity index (χ3v) is 3.06. The van der Waals surface area contributed by atoms with Gasteiger partial charge in [0, 0.05) is 18.3 Å². The first-order valence-corrected chi connectivity index (χ1v) is 6.38. The summed E-state index contributed by atoms with van der Waals surface area (Å²) in [6, 6.07) is 1.03. The standard InChI is InChI=1S/C13H18FN5O/c1-3-6-19-13(11(20-2)8-17-19)12(18-15)9-4-5-16-7-10(9)14/h4-5,7-8,12,18H,3,6,15H2,1-2H3. The van der Waals surface area contributed by atoms with E-state index >= 15 is 0 Å². The summed E-state index contributed by atoms with van der Waals surface area (Å²) in [4.78, 5) is 3.75. The van der Waals surface area contributed by atoms with Gasteiger partial charge < -0.3 is 4.74 Å². The summed E-state index contributed by atoms with van der Waals surface area (Å²) in [5.41, 5.74) is 3.72. The van der Waals surface area contributed by atoms with Gasteiger partial charge in [-0.3, -0.25) is 15.5 Å². The zero-order valence-corrected chi connectivity index (χ0v) is 11.5. The number of nitrogens with one attached hydrogen (secondary N) is 1. The highest BCUT2D eigenvalue weighted by molar-refractivity contribution is 5.36. The van der Waals surface area contributed by atoms with Gasteiger partial charge in [0.2, 0.25) is 0 Å². The smallest absolute Gasteiger partial charge is 0.161 e. The van der Waals surface area contributed by atoms with Crippen molar-refractivity contribution in [3.8, 4) is 5.75 Å². The molecule has 0 bridgehead atoms. The number of methoxy groups -OCH3 is 1. The molecule has 7 heteroatoms. The molecule has 6 nitrogen and oxygen atoms in total. The number of hydrazine groups is 1. The molecule has 0 aliphatic heterocycles. The largest absolute Gasteiger partial charge is 0.493 e. The lowest BCUT2D eigenvalue weighted by Gasteiger charge is -2.19. The number of aryl methyl sites for hydroxylation is 1. The minimum Gasteiger partial charge on any atom is -0.493 e. The Balaban J connectivity index is 2.51. The van der Waals surface area contributed by atoms with Gasteiger partial charge in [-0.05, 0) is 12.5 Å². The number of rotatable bonds is 6. The molecule has 0 saturated heterocycles. The fourth-order valence-electron chi connectivity index (χ4n) is 2.15. The van der Waals surface area contributed by atoms with Crippen LogP contribution in [0.4, 0.5) is 4.39 Å². The lowest BCUT2D eigenvalue weighted by molar-refractivity contribution is 0.396. The Morgan fingerprint density at radius 2 is 2.30 bits per heavy atom. The van der Waals surface area contributed by atoms with Crippen molar-refractivity contribution in [2.45, 2.75) is 25.9 Å². The Labute approximate surface area is 116 Å². The second-order valence-corrected chi connectivity index (χ2v) is 4.32. The monoisotopic (exact) mass is 279 g/mol. The summed E-state index contributed by atoms with van der Waals surface area (Å²) in [6.45, 7) is 2.74. The zero-order chi connectivity index (χ0) is 14.5. The van der Waals surface area contributed by atoms with E-state index in [1.165, 1.54) is 6.20 Å². The van der Waals surface area contributed by atoms with Crippen LogP contribution in [0.2, 0.25) is 0 Å². The Morgan fingerprint density at radius 3 is 2.90 bits per heavy atom. The molecule has 2 aromatic heterocycles. The first-order chi connectivity index (χ1) is 9.72. The van der Waals surface area contributed by atoms with E-state index < -0.39 is 11.9 Å². The fraction of sp³-hybridized carbons (Fsp3) is 0.385. The van der Waals surface area contributed by atoms with Crippen LogP contribution in [-0.2, 0) is 6.54 Å². The Kier molecular flexibility index (Phi) is 4.65. The number of aromatic nitrogens is 3. The summed E-state index contributed by atoms with van der Waals surface area (Å²) in [5.74, 6) is 5.76. The maximum Gasteiger partial charge on any atom is 0.161 e. The minimum atomic E-state index is -0.554. The molecule has 3 N–H and O–H groups in total. The van der Waals surface area contributed by atoms with Crippen LogP contribution in [0.3, 0.4) is 0 Å². The lowest BCUT2D eigenvalue weighted by atomic mass is 10.0. The number of pyridine rings is 1. The Hall–Kier alpha value is -1.99. The third-order valence-electron chi connectivity index (χ3n) is 3.06. The van der Waals surface area contributed by atoms with Gasteiger partial charge in [-0.15, -0.1) is 0 Å². The molecule has 20 heavy (non-hydrogen) atoms. The highest BCUT2D eigenvalue weighted by Crippen LogP contribution is 2.30. The molecule has 0 radical (unpaired) electrons. The molecule has 0 saturated carbocycles. The number of nitrogens with two attached hydrogens (primary N) is 1. The van der Waals surface area contributed by atoms with Crippen LogP contribution >= 0.6 is 0 Å². The molecule has 2 aromatic rings. The van der Waals surface area contributed by atoms with Gasteiger partial charge >= 0.3 is 0 Å². The fourth-order valence-corrected chi connectivity index (χ4v) is 2.15. The summed E-state index contributed by atoms with van der Waals surface area (Å²) in [6.07, 6.45) is 5.19. The number of hydrogen-bond donors (Lipinski definition) is 2. The van der Waals surface area contributed by atoms with Gasteiger partial charge in [0.1, 0.15) is 11.5 Å². The van der Waals surface area contributed by atoms with Gasteiger partial charge in [0.05, 0.1) is 25.5 Å². The van der Waals surface area contributed by atoms with Crippen molar-refractivity contribution in [3.05, 3.63) is 41.7 Å². The topological polar surface area (TPSA) is 78.0 Å². The highest BCUT2D eigenvalue weighted by Gasteiger charge is 2.24. The Morgan fingerprint density at radius 1 is 1.50 bits per heavy atom. The van der Waals surface area contributed by atoms with Crippen LogP contribution < -0.4 is 16.0 Å².